The number of aromatic nitrogens is 3. The van der Waals surface area contributed by atoms with Crippen molar-refractivity contribution in [1.29, 1.82) is 0 Å². The number of hydrogen-bond donors (Lipinski definition) is 3. The van der Waals surface area contributed by atoms with Crippen LogP contribution in [0.3, 0.4) is 0 Å². The van der Waals surface area contributed by atoms with Crippen LogP contribution in [0.5, 0.6) is 0 Å². The Morgan fingerprint density at radius 2 is 1.92 bits per heavy atom. The summed E-state index contributed by atoms with van der Waals surface area (Å²) in [5.74, 6) is 1.28. The molecule has 1 unspecified atom stereocenters. The van der Waals surface area contributed by atoms with Crippen LogP contribution in [0.15, 0.2) is 48.8 Å². The zero-order valence-corrected chi connectivity index (χ0v) is 20.7. The molecule has 192 valence electrons. The third kappa shape index (κ3) is 5.03. The molecule has 0 saturated carbocycles. The Bertz CT molecular complexity index is 1290. The van der Waals surface area contributed by atoms with Gasteiger partial charge < -0.3 is 25.4 Å². The average molecular weight is 504 g/mol. The second-order valence-electron chi connectivity index (χ2n) is 9.08. The van der Waals surface area contributed by atoms with E-state index in [1.807, 2.05) is 19.1 Å². The fourth-order valence-corrected chi connectivity index (χ4v) is 4.84. The maximum Gasteiger partial charge on any atom is 0.408 e. The molecule has 1 fully saturated rings. The van der Waals surface area contributed by atoms with E-state index in [0.717, 1.165) is 22.6 Å². The molecule has 37 heavy (non-hydrogen) atoms. The number of urea groups is 1. The first kappa shape index (κ1) is 24.4. The number of hydrogen-bond acceptors (Lipinski definition) is 7. The summed E-state index contributed by atoms with van der Waals surface area (Å²) in [6.45, 7) is 6.11. The first-order valence-corrected chi connectivity index (χ1v) is 12.3. The lowest BCUT2D eigenvalue weighted by molar-refractivity contribution is 0.0981. The molecular formula is C26H29N7O4. The average Bonchev–Trinajstić information content (AvgIpc) is 3.29. The third-order valence-electron chi connectivity index (χ3n) is 6.63. The zero-order valence-electron chi connectivity index (χ0n) is 20.7. The lowest BCUT2D eigenvalue weighted by Crippen LogP contribution is -2.45. The minimum Gasteiger partial charge on any atom is -0.465 e. The number of carbonyl (C=O) groups is 2. The van der Waals surface area contributed by atoms with Crippen LogP contribution in [-0.2, 0) is 11.3 Å². The van der Waals surface area contributed by atoms with Crippen LogP contribution in [-0.4, -0.2) is 62.9 Å². The SMILES string of the molecule is CC[C@H]1c2c(nc(-c3ccc(NC(=O)Nc4cccnc4)cc3)nc2N2CCOCC2C)CN1C(=O)O. The number of nitrogens with zero attached hydrogens (tertiary/aromatic N) is 5. The van der Waals surface area contributed by atoms with Crippen LogP contribution in [0, 0.1) is 0 Å². The van der Waals surface area contributed by atoms with Crippen molar-refractivity contribution in [1.82, 2.24) is 19.9 Å². The number of pyridine rings is 1. The van der Waals surface area contributed by atoms with Crippen LogP contribution in [0.2, 0.25) is 0 Å². The van der Waals surface area contributed by atoms with E-state index in [1.165, 1.54) is 4.90 Å². The van der Waals surface area contributed by atoms with Crippen LogP contribution >= 0.6 is 0 Å². The van der Waals surface area contributed by atoms with Gasteiger partial charge in [-0.05, 0) is 49.7 Å². The maximum atomic E-state index is 12.3. The smallest absolute Gasteiger partial charge is 0.408 e. The molecule has 1 aromatic carbocycles. The molecule has 3 amide bonds. The summed E-state index contributed by atoms with van der Waals surface area (Å²) >= 11 is 0. The quantitative estimate of drug-likeness (QED) is 0.468. The van der Waals surface area contributed by atoms with Crippen molar-refractivity contribution in [2.75, 3.05) is 35.3 Å². The van der Waals surface area contributed by atoms with Gasteiger partial charge in [0.2, 0.25) is 0 Å². The van der Waals surface area contributed by atoms with E-state index in [4.69, 9.17) is 14.7 Å². The van der Waals surface area contributed by atoms with E-state index >= 15 is 0 Å². The number of ether oxygens (including phenoxy) is 1. The van der Waals surface area contributed by atoms with E-state index in [9.17, 15) is 14.7 Å². The maximum absolute atomic E-state index is 12.3. The number of carboxylic acid groups (broad SMARTS) is 1. The predicted octanol–water partition coefficient (Wildman–Crippen LogP) is 4.35. The van der Waals surface area contributed by atoms with Crippen molar-refractivity contribution in [3.05, 3.63) is 60.0 Å². The largest absolute Gasteiger partial charge is 0.465 e. The van der Waals surface area contributed by atoms with Crippen molar-refractivity contribution in [3.63, 3.8) is 0 Å². The Labute approximate surface area is 214 Å². The normalized spacial score (nSPS) is 18.9. The molecule has 0 bridgehead atoms. The summed E-state index contributed by atoms with van der Waals surface area (Å²) in [7, 11) is 0. The Kier molecular flexibility index (Phi) is 6.87. The van der Waals surface area contributed by atoms with Crippen LogP contribution in [0.1, 0.15) is 37.6 Å². The zero-order chi connectivity index (χ0) is 25.9. The summed E-state index contributed by atoms with van der Waals surface area (Å²) in [6.07, 6.45) is 2.87. The molecule has 0 aliphatic carbocycles. The number of benzene rings is 1. The Balaban J connectivity index is 1.44. The highest BCUT2D eigenvalue weighted by Gasteiger charge is 2.39. The Hall–Kier alpha value is -4.25. The molecule has 5 rings (SSSR count). The molecule has 0 radical (unpaired) electrons. The highest BCUT2D eigenvalue weighted by Crippen LogP contribution is 2.42. The highest BCUT2D eigenvalue weighted by atomic mass is 16.5. The van der Waals surface area contributed by atoms with Crippen LogP contribution < -0.4 is 15.5 Å². The van der Waals surface area contributed by atoms with Gasteiger partial charge in [-0.1, -0.05) is 6.92 Å². The monoisotopic (exact) mass is 503 g/mol. The van der Waals surface area contributed by atoms with Gasteiger partial charge in [0.1, 0.15) is 5.82 Å². The molecule has 3 aromatic rings. The number of anilines is 3. The van der Waals surface area contributed by atoms with Crippen molar-refractivity contribution in [2.24, 2.45) is 0 Å². The minimum absolute atomic E-state index is 0.0990. The van der Waals surface area contributed by atoms with Gasteiger partial charge in [-0.2, -0.15) is 0 Å². The molecule has 3 N–H and O–H groups in total. The molecule has 11 heteroatoms. The molecule has 2 aliphatic rings. The number of amides is 3. The number of morpholine rings is 1. The van der Waals surface area contributed by atoms with Gasteiger partial charge >= 0.3 is 12.1 Å². The van der Waals surface area contributed by atoms with Gasteiger partial charge in [0.15, 0.2) is 5.82 Å². The van der Waals surface area contributed by atoms with Gasteiger partial charge in [0.05, 0.1) is 49.4 Å². The van der Waals surface area contributed by atoms with Crippen molar-refractivity contribution < 1.29 is 19.4 Å². The minimum atomic E-state index is -0.965. The van der Waals surface area contributed by atoms with Gasteiger partial charge in [-0.3, -0.25) is 9.88 Å². The van der Waals surface area contributed by atoms with Gasteiger partial charge in [0, 0.05) is 29.6 Å². The van der Waals surface area contributed by atoms with Crippen molar-refractivity contribution in [3.8, 4) is 11.4 Å². The lowest BCUT2D eigenvalue weighted by Gasteiger charge is -2.36. The lowest BCUT2D eigenvalue weighted by atomic mass is 10.0. The van der Waals surface area contributed by atoms with E-state index in [2.05, 4.69) is 27.4 Å². The molecule has 2 aromatic heterocycles. The second kappa shape index (κ2) is 10.4. The first-order valence-electron chi connectivity index (χ1n) is 12.3. The highest BCUT2D eigenvalue weighted by molar-refractivity contribution is 5.99. The molecular weight excluding hydrogens is 474 g/mol. The van der Waals surface area contributed by atoms with Gasteiger partial charge in [0.25, 0.3) is 0 Å². The molecule has 2 aliphatic heterocycles. The van der Waals surface area contributed by atoms with E-state index in [-0.39, 0.29) is 24.7 Å². The summed E-state index contributed by atoms with van der Waals surface area (Å²) in [6, 6.07) is 10.2. The Morgan fingerprint density at radius 1 is 1.14 bits per heavy atom. The Morgan fingerprint density at radius 3 is 2.59 bits per heavy atom. The second-order valence-corrected chi connectivity index (χ2v) is 9.08. The summed E-state index contributed by atoms with van der Waals surface area (Å²) in [5.41, 5.74) is 3.58. The number of nitrogens with one attached hydrogen (secondary N) is 2. The molecule has 11 nitrogen and oxygen atoms in total. The van der Waals surface area contributed by atoms with Crippen molar-refractivity contribution >= 4 is 29.3 Å². The number of carbonyl (C=O) groups excluding carboxylic acids is 1. The fraction of sp³-hybridized carbons (Fsp3) is 0.346. The molecule has 1 saturated heterocycles. The fourth-order valence-electron chi connectivity index (χ4n) is 4.84. The van der Waals surface area contributed by atoms with E-state index < -0.39 is 6.09 Å². The number of fused-ring (bicyclic) bond motifs is 1. The predicted molar refractivity (Wildman–Crippen MR) is 139 cm³/mol. The third-order valence-corrected chi connectivity index (χ3v) is 6.63. The standard InChI is InChI=1S/C26H29N7O4/c1-3-21-22-20(14-33(21)26(35)36)30-23(31-24(22)32-11-12-37-15-16(32)2)17-6-8-18(9-7-17)28-25(34)29-19-5-4-10-27-13-19/h4-10,13,16,21H,3,11-12,14-15H2,1-2H3,(H,35,36)(H2,28,29,34)/t16?,21-/m0/s1. The van der Waals surface area contributed by atoms with Crippen LogP contribution in [0.4, 0.5) is 26.8 Å². The van der Waals surface area contributed by atoms with Gasteiger partial charge in [-0.25, -0.2) is 19.6 Å². The first-order chi connectivity index (χ1) is 17.9. The molecule has 0 spiro atoms. The summed E-state index contributed by atoms with van der Waals surface area (Å²) in [4.78, 5) is 41.7. The summed E-state index contributed by atoms with van der Waals surface area (Å²) in [5, 5.41) is 15.4. The summed E-state index contributed by atoms with van der Waals surface area (Å²) < 4.78 is 5.63. The van der Waals surface area contributed by atoms with E-state index in [0.29, 0.717) is 43.4 Å². The molecule has 4 heterocycles. The van der Waals surface area contributed by atoms with E-state index in [1.54, 1.807) is 36.7 Å². The van der Waals surface area contributed by atoms with Gasteiger partial charge in [-0.15, -0.1) is 0 Å². The molecule has 2 atom stereocenters. The van der Waals surface area contributed by atoms with Crippen LogP contribution in [0.25, 0.3) is 11.4 Å². The topological polar surface area (TPSA) is 133 Å². The number of rotatable bonds is 5. The van der Waals surface area contributed by atoms with Crippen molar-refractivity contribution in [2.45, 2.75) is 38.9 Å².